The van der Waals surface area contributed by atoms with Crippen molar-refractivity contribution in [1.82, 2.24) is 9.55 Å². The summed E-state index contributed by atoms with van der Waals surface area (Å²) in [6.45, 7) is 6.45. The summed E-state index contributed by atoms with van der Waals surface area (Å²) in [5.74, 6) is 0.182. The Kier molecular flexibility index (Phi) is 4.00. The molecule has 3 nitrogen and oxygen atoms in total. The molecule has 1 aromatic carbocycles. The van der Waals surface area contributed by atoms with E-state index in [2.05, 4.69) is 4.98 Å². The third-order valence-corrected chi connectivity index (χ3v) is 3.50. The molecular formula is C15H18N2OS. The van der Waals surface area contributed by atoms with E-state index in [1.807, 2.05) is 51.1 Å². The summed E-state index contributed by atoms with van der Waals surface area (Å²) in [7, 11) is 0. The molecule has 0 amide bonds. The van der Waals surface area contributed by atoms with Gasteiger partial charge in [-0.1, -0.05) is 44.2 Å². The van der Waals surface area contributed by atoms with Gasteiger partial charge in [-0.25, -0.2) is 0 Å². The quantitative estimate of drug-likeness (QED) is 0.871. The summed E-state index contributed by atoms with van der Waals surface area (Å²) >= 11 is 5.28. The van der Waals surface area contributed by atoms with Gasteiger partial charge >= 0.3 is 0 Å². The van der Waals surface area contributed by atoms with Gasteiger partial charge in [-0.2, -0.15) is 0 Å². The Morgan fingerprint density at radius 3 is 2.47 bits per heavy atom. The molecular weight excluding hydrogens is 256 g/mol. The van der Waals surface area contributed by atoms with Gasteiger partial charge in [0.05, 0.1) is 6.54 Å². The van der Waals surface area contributed by atoms with Crippen molar-refractivity contribution in [3.8, 4) is 0 Å². The molecule has 0 aliphatic rings. The van der Waals surface area contributed by atoms with Crippen LogP contribution in [-0.4, -0.2) is 9.55 Å². The molecule has 1 N–H and O–H groups in total. The van der Waals surface area contributed by atoms with Crippen LogP contribution in [0.2, 0.25) is 0 Å². The van der Waals surface area contributed by atoms with Gasteiger partial charge in [0.25, 0.3) is 5.56 Å². The summed E-state index contributed by atoms with van der Waals surface area (Å²) in [5.41, 5.74) is 2.77. The van der Waals surface area contributed by atoms with Crippen molar-refractivity contribution in [2.45, 2.75) is 33.2 Å². The molecule has 0 unspecified atom stereocenters. The van der Waals surface area contributed by atoms with Crippen molar-refractivity contribution in [3.63, 3.8) is 0 Å². The number of hydrogen-bond acceptors (Lipinski definition) is 2. The minimum absolute atomic E-state index is 0.0140. The van der Waals surface area contributed by atoms with Gasteiger partial charge in [-0.15, -0.1) is 0 Å². The van der Waals surface area contributed by atoms with Crippen LogP contribution in [0.15, 0.2) is 35.1 Å². The predicted molar refractivity (Wildman–Crippen MR) is 80.3 cm³/mol. The number of aryl methyl sites for hydroxylation is 1. The number of rotatable bonds is 3. The van der Waals surface area contributed by atoms with Gasteiger partial charge in [0.1, 0.15) is 0 Å². The maximum atomic E-state index is 12.5. The van der Waals surface area contributed by atoms with E-state index in [-0.39, 0.29) is 11.5 Å². The first-order chi connectivity index (χ1) is 9.00. The van der Waals surface area contributed by atoms with Crippen LogP contribution in [0, 0.1) is 11.7 Å². The Morgan fingerprint density at radius 2 is 1.89 bits per heavy atom. The first kappa shape index (κ1) is 13.7. The van der Waals surface area contributed by atoms with Gasteiger partial charge in [-0.3, -0.25) is 9.36 Å². The SMILES string of the molecule is Cc1[nH]c(=S)n(Cc2ccccc2)c(=O)c1C(C)C. The Hall–Kier alpha value is -1.68. The third-order valence-electron chi connectivity index (χ3n) is 3.18. The van der Waals surface area contributed by atoms with Crippen molar-refractivity contribution in [1.29, 1.82) is 0 Å². The van der Waals surface area contributed by atoms with E-state index in [9.17, 15) is 4.79 Å². The monoisotopic (exact) mass is 274 g/mol. The van der Waals surface area contributed by atoms with Crippen LogP contribution in [0.25, 0.3) is 0 Å². The van der Waals surface area contributed by atoms with E-state index in [4.69, 9.17) is 12.2 Å². The Labute approximate surface area is 117 Å². The molecule has 0 spiro atoms. The molecule has 2 rings (SSSR count). The lowest BCUT2D eigenvalue weighted by Crippen LogP contribution is -2.28. The highest BCUT2D eigenvalue weighted by Gasteiger charge is 2.13. The van der Waals surface area contributed by atoms with Gasteiger partial charge in [0.15, 0.2) is 4.77 Å². The van der Waals surface area contributed by atoms with E-state index >= 15 is 0 Å². The van der Waals surface area contributed by atoms with E-state index < -0.39 is 0 Å². The molecule has 100 valence electrons. The second-order valence-electron chi connectivity index (χ2n) is 5.00. The van der Waals surface area contributed by atoms with Crippen molar-refractivity contribution in [2.75, 3.05) is 0 Å². The van der Waals surface area contributed by atoms with Crippen molar-refractivity contribution in [2.24, 2.45) is 0 Å². The number of nitrogens with one attached hydrogen (secondary N) is 1. The first-order valence-corrected chi connectivity index (χ1v) is 6.79. The largest absolute Gasteiger partial charge is 0.336 e. The molecule has 2 aromatic rings. The Morgan fingerprint density at radius 1 is 1.26 bits per heavy atom. The smallest absolute Gasteiger partial charge is 0.258 e. The van der Waals surface area contributed by atoms with Crippen LogP contribution in [0.1, 0.15) is 36.6 Å². The molecule has 0 saturated heterocycles. The zero-order chi connectivity index (χ0) is 14.0. The maximum absolute atomic E-state index is 12.5. The summed E-state index contributed by atoms with van der Waals surface area (Å²) in [5, 5.41) is 0. The van der Waals surface area contributed by atoms with Crippen LogP contribution in [0.3, 0.4) is 0 Å². The first-order valence-electron chi connectivity index (χ1n) is 6.38. The van der Waals surface area contributed by atoms with E-state index in [1.165, 1.54) is 0 Å². The molecule has 19 heavy (non-hydrogen) atoms. The molecule has 0 radical (unpaired) electrons. The van der Waals surface area contributed by atoms with Crippen molar-refractivity contribution >= 4 is 12.2 Å². The summed E-state index contributed by atoms with van der Waals surface area (Å²) < 4.78 is 2.11. The molecule has 0 aliphatic heterocycles. The second kappa shape index (κ2) is 5.53. The topological polar surface area (TPSA) is 37.8 Å². The number of aromatic nitrogens is 2. The fourth-order valence-corrected chi connectivity index (χ4v) is 2.58. The van der Waals surface area contributed by atoms with E-state index in [0.717, 1.165) is 16.8 Å². The molecule has 1 heterocycles. The number of hydrogen-bond donors (Lipinski definition) is 1. The number of aromatic amines is 1. The minimum atomic E-state index is 0.0140. The minimum Gasteiger partial charge on any atom is -0.336 e. The maximum Gasteiger partial charge on any atom is 0.258 e. The van der Waals surface area contributed by atoms with Crippen molar-refractivity contribution in [3.05, 3.63) is 62.3 Å². The number of benzene rings is 1. The van der Waals surface area contributed by atoms with Crippen LogP contribution in [0.5, 0.6) is 0 Å². The second-order valence-corrected chi connectivity index (χ2v) is 5.39. The van der Waals surface area contributed by atoms with Crippen molar-refractivity contribution < 1.29 is 0 Å². The van der Waals surface area contributed by atoms with Crippen LogP contribution in [0.4, 0.5) is 0 Å². The van der Waals surface area contributed by atoms with Crippen LogP contribution >= 0.6 is 12.2 Å². The molecule has 4 heteroatoms. The summed E-state index contributed by atoms with van der Waals surface area (Å²) in [6.07, 6.45) is 0. The lowest BCUT2D eigenvalue weighted by molar-refractivity contribution is 0.679. The van der Waals surface area contributed by atoms with Crippen LogP contribution < -0.4 is 5.56 Å². The zero-order valence-electron chi connectivity index (χ0n) is 11.4. The highest BCUT2D eigenvalue weighted by molar-refractivity contribution is 7.71. The standard InChI is InChI=1S/C15H18N2OS/c1-10(2)13-11(3)16-15(19)17(14(13)18)9-12-7-5-4-6-8-12/h4-8,10H,9H2,1-3H3,(H,16,19). The lowest BCUT2D eigenvalue weighted by Gasteiger charge is -2.13. The molecule has 1 aromatic heterocycles. The Balaban J connectivity index is 2.56. The summed E-state index contributed by atoms with van der Waals surface area (Å²) in [6, 6.07) is 9.88. The molecule has 0 aliphatic carbocycles. The predicted octanol–water partition coefficient (Wildman–Crippen LogP) is 3.39. The number of nitrogens with zero attached hydrogens (tertiary/aromatic N) is 1. The fraction of sp³-hybridized carbons (Fsp3) is 0.333. The van der Waals surface area contributed by atoms with Crippen LogP contribution in [-0.2, 0) is 6.54 Å². The zero-order valence-corrected chi connectivity index (χ0v) is 12.3. The normalized spacial score (nSPS) is 10.9. The average Bonchev–Trinajstić information content (AvgIpc) is 2.35. The molecule has 0 atom stereocenters. The molecule has 0 bridgehead atoms. The Bertz CT molecular complexity index is 684. The van der Waals surface area contributed by atoms with Gasteiger partial charge in [0.2, 0.25) is 0 Å². The third kappa shape index (κ3) is 2.84. The highest BCUT2D eigenvalue weighted by Crippen LogP contribution is 2.13. The van der Waals surface area contributed by atoms with Gasteiger partial charge < -0.3 is 4.98 Å². The molecule has 0 fully saturated rings. The van der Waals surface area contributed by atoms with Gasteiger partial charge in [-0.05, 0) is 30.6 Å². The average molecular weight is 274 g/mol. The van der Waals surface area contributed by atoms with E-state index in [0.29, 0.717) is 11.3 Å². The summed E-state index contributed by atoms with van der Waals surface area (Å²) in [4.78, 5) is 15.7. The van der Waals surface area contributed by atoms with Gasteiger partial charge in [0, 0.05) is 11.3 Å². The number of H-pyrrole nitrogens is 1. The van der Waals surface area contributed by atoms with E-state index in [1.54, 1.807) is 4.57 Å². The molecule has 0 saturated carbocycles. The fourth-order valence-electron chi connectivity index (χ4n) is 2.28. The highest BCUT2D eigenvalue weighted by atomic mass is 32.1. The lowest BCUT2D eigenvalue weighted by atomic mass is 10.0.